The van der Waals surface area contributed by atoms with Crippen LogP contribution in [0.3, 0.4) is 0 Å². The Balaban J connectivity index is 1.99. The molecule has 1 heterocycles. The highest BCUT2D eigenvalue weighted by atomic mass is 16.4. The van der Waals surface area contributed by atoms with Crippen LogP contribution in [0.1, 0.15) is 28.8 Å². The standard InChI is InChI=1S/C20H21NO4/c1-13-5-4-6-14(11-13)16-7-2-3-8-17(16)19(23)21-10-9-15(22)12-18(21)20(24)25/h2-8,11,15,18,22H,9-10,12H2,1H3,(H,24,25)/t15-,18+/m0/s1. The van der Waals surface area contributed by atoms with Crippen molar-refractivity contribution < 1.29 is 19.8 Å². The van der Waals surface area contributed by atoms with Gasteiger partial charge in [0.2, 0.25) is 0 Å². The van der Waals surface area contributed by atoms with Gasteiger partial charge in [-0.2, -0.15) is 0 Å². The number of aryl methyl sites for hydroxylation is 1. The molecule has 2 N–H and O–H groups in total. The van der Waals surface area contributed by atoms with Crippen LogP contribution in [0.4, 0.5) is 0 Å². The number of aliphatic carboxylic acids is 1. The molecular formula is C20H21NO4. The monoisotopic (exact) mass is 339 g/mol. The molecule has 1 amide bonds. The molecule has 5 nitrogen and oxygen atoms in total. The first kappa shape index (κ1) is 17.2. The van der Waals surface area contributed by atoms with Crippen molar-refractivity contribution in [3.63, 3.8) is 0 Å². The predicted molar refractivity (Wildman–Crippen MR) is 94.3 cm³/mol. The van der Waals surface area contributed by atoms with Gasteiger partial charge >= 0.3 is 5.97 Å². The fourth-order valence-electron chi connectivity index (χ4n) is 3.31. The summed E-state index contributed by atoms with van der Waals surface area (Å²) in [5.74, 6) is -1.39. The molecule has 0 saturated carbocycles. The zero-order valence-electron chi connectivity index (χ0n) is 14.1. The maximum absolute atomic E-state index is 13.1. The first-order valence-corrected chi connectivity index (χ1v) is 8.35. The Labute approximate surface area is 146 Å². The van der Waals surface area contributed by atoms with Gasteiger partial charge in [-0.25, -0.2) is 4.79 Å². The van der Waals surface area contributed by atoms with Crippen LogP contribution < -0.4 is 0 Å². The van der Waals surface area contributed by atoms with E-state index in [1.807, 2.05) is 43.3 Å². The van der Waals surface area contributed by atoms with Gasteiger partial charge in [0, 0.05) is 18.5 Å². The fourth-order valence-corrected chi connectivity index (χ4v) is 3.31. The highest BCUT2D eigenvalue weighted by Gasteiger charge is 2.36. The lowest BCUT2D eigenvalue weighted by molar-refractivity contribution is -0.145. The molecule has 0 unspecified atom stereocenters. The minimum absolute atomic E-state index is 0.0632. The van der Waals surface area contributed by atoms with Gasteiger partial charge < -0.3 is 15.1 Å². The molecule has 0 bridgehead atoms. The number of hydrogen-bond acceptors (Lipinski definition) is 3. The summed E-state index contributed by atoms with van der Waals surface area (Å²) >= 11 is 0. The minimum Gasteiger partial charge on any atom is -0.480 e. The van der Waals surface area contributed by atoms with Gasteiger partial charge in [0.1, 0.15) is 6.04 Å². The Morgan fingerprint density at radius 1 is 1.12 bits per heavy atom. The Bertz CT molecular complexity index is 802. The van der Waals surface area contributed by atoms with E-state index in [1.54, 1.807) is 12.1 Å². The van der Waals surface area contributed by atoms with E-state index in [0.717, 1.165) is 16.7 Å². The first-order chi connectivity index (χ1) is 12.0. The SMILES string of the molecule is Cc1cccc(-c2ccccc2C(=O)N2CC[C@H](O)C[C@@H]2C(=O)O)c1. The van der Waals surface area contributed by atoms with E-state index >= 15 is 0 Å². The Morgan fingerprint density at radius 2 is 1.88 bits per heavy atom. The summed E-state index contributed by atoms with van der Waals surface area (Å²) in [7, 11) is 0. The third kappa shape index (κ3) is 3.56. The van der Waals surface area contributed by atoms with E-state index in [4.69, 9.17) is 0 Å². The number of piperidine rings is 1. The Kier molecular flexibility index (Phi) is 4.86. The molecule has 0 radical (unpaired) electrons. The van der Waals surface area contributed by atoms with Crippen LogP contribution in [0, 0.1) is 6.92 Å². The number of rotatable bonds is 3. The van der Waals surface area contributed by atoms with E-state index in [2.05, 4.69) is 0 Å². The van der Waals surface area contributed by atoms with Crippen LogP contribution >= 0.6 is 0 Å². The third-order valence-electron chi connectivity index (χ3n) is 4.61. The molecule has 130 valence electrons. The number of nitrogens with zero attached hydrogens (tertiary/aromatic N) is 1. The molecule has 0 spiro atoms. The summed E-state index contributed by atoms with van der Waals surface area (Å²) in [4.78, 5) is 26.0. The largest absolute Gasteiger partial charge is 0.480 e. The van der Waals surface area contributed by atoms with E-state index in [-0.39, 0.29) is 18.9 Å². The van der Waals surface area contributed by atoms with Crippen molar-refractivity contribution in [3.8, 4) is 11.1 Å². The number of likely N-dealkylation sites (tertiary alicyclic amines) is 1. The molecule has 1 aliphatic heterocycles. The summed E-state index contributed by atoms with van der Waals surface area (Å²) in [6, 6.07) is 14.1. The third-order valence-corrected chi connectivity index (χ3v) is 4.61. The normalized spacial score (nSPS) is 20.3. The van der Waals surface area contributed by atoms with Crippen LogP contribution in [0.15, 0.2) is 48.5 Å². The average Bonchev–Trinajstić information content (AvgIpc) is 2.61. The van der Waals surface area contributed by atoms with Crippen molar-refractivity contribution >= 4 is 11.9 Å². The van der Waals surface area contributed by atoms with Crippen LogP contribution in [-0.2, 0) is 4.79 Å². The minimum atomic E-state index is -1.08. The summed E-state index contributed by atoms with van der Waals surface area (Å²) in [6.07, 6.45) is -0.229. The van der Waals surface area contributed by atoms with Gasteiger partial charge in [0.05, 0.1) is 6.10 Å². The fraction of sp³-hybridized carbons (Fsp3) is 0.300. The lowest BCUT2D eigenvalue weighted by Crippen LogP contribution is -2.51. The Morgan fingerprint density at radius 3 is 2.60 bits per heavy atom. The van der Waals surface area contributed by atoms with E-state index in [0.29, 0.717) is 12.0 Å². The smallest absolute Gasteiger partial charge is 0.326 e. The van der Waals surface area contributed by atoms with Crippen molar-refractivity contribution in [1.82, 2.24) is 4.90 Å². The molecule has 0 aliphatic carbocycles. The molecule has 2 aromatic rings. The van der Waals surface area contributed by atoms with Gasteiger partial charge in [0.15, 0.2) is 0 Å². The molecule has 25 heavy (non-hydrogen) atoms. The zero-order valence-corrected chi connectivity index (χ0v) is 14.1. The highest BCUT2D eigenvalue weighted by Crippen LogP contribution is 2.28. The summed E-state index contributed by atoms with van der Waals surface area (Å²) in [5, 5.41) is 19.2. The van der Waals surface area contributed by atoms with Crippen molar-refractivity contribution in [3.05, 3.63) is 59.7 Å². The van der Waals surface area contributed by atoms with Gasteiger partial charge in [-0.05, 0) is 30.5 Å². The van der Waals surface area contributed by atoms with Crippen molar-refractivity contribution in [1.29, 1.82) is 0 Å². The number of carboxylic acid groups (broad SMARTS) is 1. The molecule has 2 atom stereocenters. The van der Waals surface area contributed by atoms with Crippen LogP contribution in [0.2, 0.25) is 0 Å². The molecular weight excluding hydrogens is 318 g/mol. The molecule has 5 heteroatoms. The Hall–Kier alpha value is -2.66. The number of aliphatic hydroxyl groups excluding tert-OH is 1. The first-order valence-electron chi connectivity index (χ1n) is 8.35. The number of benzene rings is 2. The van der Waals surface area contributed by atoms with Gasteiger partial charge in [-0.3, -0.25) is 4.79 Å². The molecule has 0 aromatic heterocycles. The molecule has 1 fully saturated rings. The molecule has 2 aromatic carbocycles. The number of carbonyl (C=O) groups excluding carboxylic acids is 1. The predicted octanol–water partition coefficient (Wildman–Crippen LogP) is 2.71. The number of hydrogen-bond donors (Lipinski definition) is 2. The van der Waals surface area contributed by atoms with Crippen molar-refractivity contribution in [2.24, 2.45) is 0 Å². The quantitative estimate of drug-likeness (QED) is 0.901. The number of amides is 1. The summed E-state index contributed by atoms with van der Waals surface area (Å²) < 4.78 is 0. The van der Waals surface area contributed by atoms with Gasteiger partial charge in [-0.1, -0.05) is 48.0 Å². The van der Waals surface area contributed by atoms with E-state index in [1.165, 1.54) is 4.90 Å². The lowest BCUT2D eigenvalue weighted by atomic mass is 9.94. The lowest BCUT2D eigenvalue weighted by Gasteiger charge is -2.35. The average molecular weight is 339 g/mol. The second-order valence-corrected chi connectivity index (χ2v) is 6.45. The highest BCUT2D eigenvalue weighted by molar-refractivity contribution is 6.02. The molecule has 1 aliphatic rings. The second kappa shape index (κ2) is 7.07. The van der Waals surface area contributed by atoms with E-state index < -0.39 is 18.1 Å². The van der Waals surface area contributed by atoms with Gasteiger partial charge in [0.25, 0.3) is 5.91 Å². The van der Waals surface area contributed by atoms with Crippen LogP contribution in [0.5, 0.6) is 0 Å². The number of aliphatic hydroxyl groups is 1. The molecule has 1 saturated heterocycles. The summed E-state index contributed by atoms with van der Waals surface area (Å²) in [5.41, 5.74) is 3.28. The maximum Gasteiger partial charge on any atom is 0.326 e. The number of carboxylic acids is 1. The van der Waals surface area contributed by atoms with Gasteiger partial charge in [-0.15, -0.1) is 0 Å². The molecule has 3 rings (SSSR count). The van der Waals surface area contributed by atoms with E-state index in [9.17, 15) is 19.8 Å². The van der Waals surface area contributed by atoms with Crippen molar-refractivity contribution in [2.75, 3.05) is 6.54 Å². The zero-order chi connectivity index (χ0) is 18.0. The second-order valence-electron chi connectivity index (χ2n) is 6.45. The topological polar surface area (TPSA) is 77.8 Å². The maximum atomic E-state index is 13.1. The number of carbonyl (C=O) groups is 2. The van der Waals surface area contributed by atoms with Crippen molar-refractivity contribution in [2.45, 2.75) is 31.9 Å². The summed E-state index contributed by atoms with van der Waals surface area (Å²) in [6.45, 7) is 2.22. The van der Waals surface area contributed by atoms with Crippen LogP contribution in [-0.4, -0.2) is 45.7 Å². The van der Waals surface area contributed by atoms with Crippen LogP contribution in [0.25, 0.3) is 11.1 Å².